The van der Waals surface area contributed by atoms with E-state index in [1.165, 1.54) is 24.1 Å². The maximum absolute atomic E-state index is 5.86. The summed E-state index contributed by atoms with van der Waals surface area (Å²) in [6.07, 6.45) is 3.55. The number of anilines is 2. The van der Waals surface area contributed by atoms with E-state index in [1.807, 2.05) is 6.07 Å². The van der Waals surface area contributed by atoms with Gasteiger partial charge in [-0.05, 0) is 30.9 Å². The molecule has 3 nitrogen and oxygen atoms in total. The highest BCUT2D eigenvalue weighted by atomic mass is 16.5. The van der Waals surface area contributed by atoms with E-state index in [2.05, 4.69) is 18.0 Å². The first-order chi connectivity index (χ1) is 7.22. The molecule has 0 unspecified atom stereocenters. The van der Waals surface area contributed by atoms with Gasteiger partial charge in [0.1, 0.15) is 5.75 Å². The standard InChI is InChI=1S/C12H18N2O/c1-14-6-4-3-5-9-7-10(13)8-11(15-2)12(9)14/h7-8H,3-6,13H2,1-2H3. The lowest BCUT2D eigenvalue weighted by atomic mass is 10.1. The summed E-state index contributed by atoms with van der Waals surface area (Å²) in [4.78, 5) is 2.26. The summed E-state index contributed by atoms with van der Waals surface area (Å²) >= 11 is 0. The molecule has 0 radical (unpaired) electrons. The lowest BCUT2D eigenvalue weighted by molar-refractivity contribution is 0.415. The summed E-state index contributed by atoms with van der Waals surface area (Å²) in [5.74, 6) is 0.898. The van der Waals surface area contributed by atoms with Gasteiger partial charge in [-0.2, -0.15) is 0 Å². The van der Waals surface area contributed by atoms with Crippen molar-refractivity contribution in [3.05, 3.63) is 17.7 Å². The van der Waals surface area contributed by atoms with Crippen molar-refractivity contribution >= 4 is 11.4 Å². The minimum Gasteiger partial charge on any atom is -0.494 e. The smallest absolute Gasteiger partial charge is 0.144 e. The minimum atomic E-state index is 0.793. The van der Waals surface area contributed by atoms with Crippen molar-refractivity contribution in [2.45, 2.75) is 19.3 Å². The van der Waals surface area contributed by atoms with Gasteiger partial charge in [0.2, 0.25) is 0 Å². The molecule has 0 aliphatic carbocycles. The van der Waals surface area contributed by atoms with E-state index < -0.39 is 0 Å². The number of fused-ring (bicyclic) bond motifs is 1. The van der Waals surface area contributed by atoms with Crippen molar-refractivity contribution in [3.63, 3.8) is 0 Å². The number of methoxy groups -OCH3 is 1. The van der Waals surface area contributed by atoms with Crippen LogP contribution in [-0.2, 0) is 6.42 Å². The van der Waals surface area contributed by atoms with Gasteiger partial charge >= 0.3 is 0 Å². The highest BCUT2D eigenvalue weighted by Gasteiger charge is 2.17. The third-order valence-corrected chi connectivity index (χ3v) is 2.97. The van der Waals surface area contributed by atoms with Crippen molar-refractivity contribution in [1.82, 2.24) is 0 Å². The molecule has 1 aromatic carbocycles. The largest absolute Gasteiger partial charge is 0.494 e. The normalized spacial score (nSPS) is 15.7. The Balaban J connectivity index is 2.53. The number of ether oxygens (including phenoxy) is 1. The van der Waals surface area contributed by atoms with E-state index in [9.17, 15) is 0 Å². The van der Waals surface area contributed by atoms with Gasteiger partial charge in [0.15, 0.2) is 0 Å². The fourth-order valence-corrected chi connectivity index (χ4v) is 2.24. The molecule has 0 saturated heterocycles. The summed E-state index contributed by atoms with van der Waals surface area (Å²) in [6, 6.07) is 3.97. The first-order valence-corrected chi connectivity index (χ1v) is 5.40. The van der Waals surface area contributed by atoms with Crippen molar-refractivity contribution in [2.24, 2.45) is 0 Å². The van der Waals surface area contributed by atoms with Gasteiger partial charge in [0, 0.05) is 25.3 Å². The van der Waals surface area contributed by atoms with Gasteiger partial charge in [-0.1, -0.05) is 0 Å². The first-order valence-electron chi connectivity index (χ1n) is 5.40. The van der Waals surface area contributed by atoms with Gasteiger partial charge in [0.25, 0.3) is 0 Å². The predicted molar refractivity (Wildman–Crippen MR) is 63.6 cm³/mol. The number of nitrogen functional groups attached to an aromatic ring is 1. The first kappa shape index (κ1) is 10.1. The van der Waals surface area contributed by atoms with Gasteiger partial charge in [-0.3, -0.25) is 0 Å². The number of nitrogens with zero attached hydrogens (tertiary/aromatic N) is 1. The van der Waals surface area contributed by atoms with E-state index in [1.54, 1.807) is 7.11 Å². The quantitative estimate of drug-likeness (QED) is 0.715. The molecule has 0 saturated carbocycles. The zero-order chi connectivity index (χ0) is 10.8. The molecule has 1 aromatic rings. The van der Waals surface area contributed by atoms with Crippen LogP contribution in [0, 0.1) is 0 Å². The molecule has 0 aromatic heterocycles. The van der Waals surface area contributed by atoms with E-state index in [4.69, 9.17) is 10.5 Å². The van der Waals surface area contributed by atoms with Crippen LogP contribution >= 0.6 is 0 Å². The minimum absolute atomic E-state index is 0.793. The fourth-order valence-electron chi connectivity index (χ4n) is 2.24. The zero-order valence-electron chi connectivity index (χ0n) is 9.42. The Bertz CT molecular complexity index is 363. The summed E-state index contributed by atoms with van der Waals surface area (Å²) < 4.78 is 5.40. The Hall–Kier alpha value is -1.38. The molecule has 0 bridgehead atoms. The number of aryl methyl sites for hydroxylation is 1. The Morgan fingerprint density at radius 2 is 2.13 bits per heavy atom. The average Bonchev–Trinajstić information content (AvgIpc) is 2.39. The summed E-state index contributed by atoms with van der Waals surface area (Å²) in [7, 11) is 3.82. The molecule has 1 aliphatic heterocycles. The second-order valence-corrected chi connectivity index (χ2v) is 4.11. The molecule has 2 rings (SSSR count). The number of hydrogen-bond acceptors (Lipinski definition) is 3. The molecule has 0 spiro atoms. The maximum atomic E-state index is 5.86. The van der Waals surface area contributed by atoms with E-state index in [0.717, 1.165) is 24.4 Å². The molecule has 3 heteroatoms. The van der Waals surface area contributed by atoms with Crippen LogP contribution in [-0.4, -0.2) is 20.7 Å². The van der Waals surface area contributed by atoms with Crippen molar-refractivity contribution in [3.8, 4) is 5.75 Å². The second kappa shape index (κ2) is 4.01. The molecule has 2 N–H and O–H groups in total. The third kappa shape index (κ3) is 1.87. The van der Waals surface area contributed by atoms with Crippen molar-refractivity contribution < 1.29 is 4.74 Å². The van der Waals surface area contributed by atoms with E-state index in [0.29, 0.717) is 0 Å². The van der Waals surface area contributed by atoms with E-state index in [-0.39, 0.29) is 0 Å². The van der Waals surface area contributed by atoms with Gasteiger partial charge < -0.3 is 15.4 Å². The summed E-state index contributed by atoms with van der Waals surface area (Å²) in [5, 5.41) is 0. The Kier molecular flexibility index (Phi) is 2.71. The number of rotatable bonds is 1. The summed E-state index contributed by atoms with van der Waals surface area (Å²) in [5.41, 5.74) is 9.17. The molecule has 0 fully saturated rings. The second-order valence-electron chi connectivity index (χ2n) is 4.11. The number of nitrogens with two attached hydrogens (primary N) is 1. The number of hydrogen-bond donors (Lipinski definition) is 1. The fraction of sp³-hybridized carbons (Fsp3) is 0.500. The van der Waals surface area contributed by atoms with Crippen LogP contribution in [0.15, 0.2) is 12.1 Å². The van der Waals surface area contributed by atoms with Crippen LogP contribution in [0.5, 0.6) is 5.75 Å². The van der Waals surface area contributed by atoms with Crippen molar-refractivity contribution in [1.29, 1.82) is 0 Å². The van der Waals surface area contributed by atoms with Crippen LogP contribution in [0.1, 0.15) is 18.4 Å². The van der Waals surface area contributed by atoms with Crippen LogP contribution in [0.25, 0.3) is 0 Å². The van der Waals surface area contributed by atoms with Crippen LogP contribution in [0.2, 0.25) is 0 Å². The maximum Gasteiger partial charge on any atom is 0.144 e. The zero-order valence-corrected chi connectivity index (χ0v) is 9.42. The highest BCUT2D eigenvalue weighted by molar-refractivity contribution is 5.69. The molecule has 82 valence electrons. The van der Waals surface area contributed by atoms with Gasteiger partial charge in [-0.25, -0.2) is 0 Å². The van der Waals surface area contributed by atoms with Gasteiger partial charge in [0.05, 0.1) is 12.8 Å². The average molecular weight is 206 g/mol. The van der Waals surface area contributed by atoms with Crippen LogP contribution < -0.4 is 15.4 Å². The van der Waals surface area contributed by atoms with Crippen LogP contribution in [0.3, 0.4) is 0 Å². The Morgan fingerprint density at radius 1 is 1.33 bits per heavy atom. The molecule has 1 heterocycles. The number of benzene rings is 1. The molecule has 1 aliphatic rings. The Labute approximate surface area is 90.8 Å². The monoisotopic (exact) mass is 206 g/mol. The molecule has 0 amide bonds. The molecular formula is C12H18N2O. The third-order valence-electron chi connectivity index (χ3n) is 2.97. The predicted octanol–water partition coefficient (Wildman–Crippen LogP) is 2.05. The highest BCUT2D eigenvalue weighted by Crippen LogP contribution is 2.36. The lowest BCUT2D eigenvalue weighted by Crippen LogP contribution is -2.18. The van der Waals surface area contributed by atoms with Crippen LogP contribution in [0.4, 0.5) is 11.4 Å². The summed E-state index contributed by atoms with van der Waals surface area (Å²) in [6.45, 7) is 1.09. The Morgan fingerprint density at radius 3 is 2.87 bits per heavy atom. The molecule has 15 heavy (non-hydrogen) atoms. The van der Waals surface area contributed by atoms with E-state index >= 15 is 0 Å². The lowest BCUT2D eigenvalue weighted by Gasteiger charge is -2.22. The topological polar surface area (TPSA) is 38.5 Å². The molecule has 0 atom stereocenters. The SMILES string of the molecule is COc1cc(N)cc2c1N(C)CCCC2. The van der Waals surface area contributed by atoms with Gasteiger partial charge in [-0.15, -0.1) is 0 Å². The van der Waals surface area contributed by atoms with Crippen molar-refractivity contribution in [2.75, 3.05) is 31.3 Å². The molecular weight excluding hydrogens is 188 g/mol.